The zero-order valence-corrected chi connectivity index (χ0v) is 14.1. The number of benzene rings is 1. The molecule has 0 saturated carbocycles. The number of nitrogens with zero attached hydrogens (tertiary/aromatic N) is 2. The molecule has 122 valence electrons. The molecule has 3 aromatic rings. The van der Waals surface area contributed by atoms with Gasteiger partial charge in [-0.1, -0.05) is 36.4 Å². The third kappa shape index (κ3) is 4.17. The summed E-state index contributed by atoms with van der Waals surface area (Å²) < 4.78 is 0. The molecule has 0 unspecified atom stereocenters. The number of urea groups is 1. The van der Waals surface area contributed by atoms with Gasteiger partial charge in [0.05, 0.1) is 0 Å². The minimum atomic E-state index is -0.262. The lowest BCUT2D eigenvalue weighted by Crippen LogP contribution is -2.38. The van der Waals surface area contributed by atoms with Gasteiger partial charge in [0.15, 0.2) is 0 Å². The normalized spacial score (nSPS) is 11.7. The molecule has 1 aromatic carbocycles. The summed E-state index contributed by atoms with van der Waals surface area (Å²) >= 11 is 1.52. The van der Waals surface area contributed by atoms with Gasteiger partial charge in [0.25, 0.3) is 0 Å². The first-order valence-electron chi connectivity index (χ1n) is 7.61. The van der Waals surface area contributed by atoms with Crippen LogP contribution in [0, 0.1) is 6.92 Å². The van der Waals surface area contributed by atoms with E-state index in [0.29, 0.717) is 6.54 Å². The molecule has 5 nitrogen and oxygen atoms in total. The summed E-state index contributed by atoms with van der Waals surface area (Å²) in [5.74, 6) is 0. The van der Waals surface area contributed by atoms with Gasteiger partial charge >= 0.3 is 6.03 Å². The molecule has 3 rings (SSSR count). The number of nitrogens with one attached hydrogen (secondary N) is 2. The van der Waals surface area contributed by atoms with Crippen LogP contribution in [0.4, 0.5) is 4.79 Å². The van der Waals surface area contributed by atoms with Crippen molar-refractivity contribution in [2.24, 2.45) is 0 Å². The van der Waals surface area contributed by atoms with Crippen molar-refractivity contribution in [2.45, 2.75) is 19.5 Å². The van der Waals surface area contributed by atoms with Crippen LogP contribution in [0.2, 0.25) is 0 Å². The van der Waals surface area contributed by atoms with Crippen molar-refractivity contribution in [1.82, 2.24) is 20.6 Å². The highest BCUT2D eigenvalue weighted by Crippen LogP contribution is 2.23. The number of hydrogen-bond acceptors (Lipinski definition) is 4. The van der Waals surface area contributed by atoms with Crippen molar-refractivity contribution < 1.29 is 4.79 Å². The summed E-state index contributed by atoms with van der Waals surface area (Å²) in [4.78, 5) is 20.8. The highest BCUT2D eigenvalue weighted by atomic mass is 32.1. The maximum Gasteiger partial charge on any atom is 0.315 e. The number of aryl methyl sites for hydroxylation is 1. The monoisotopic (exact) mass is 338 g/mol. The fraction of sp³-hybridized carbons (Fsp3) is 0.167. The smallest absolute Gasteiger partial charge is 0.315 e. The first-order chi connectivity index (χ1) is 11.7. The van der Waals surface area contributed by atoms with Crippen LogP contribution in [-0.4, -0.2) is 16.0 Å². The molecule has 2 aromatic heterocycles. The molecule has 6 heteroatoms. The fourth-order valence-corrected chi connectivity index (χ4v) is 3.10. The Labute approximate surface area is 144 Å². The summed E-state index contributed by atoms with van der Waals surface area (Å²) in [7, 11) is 0. The summed E-state index contributed by atoms with van der Waals surface area (Å²) in [5, 5.41) is 8.63. The van der Waals surface area contributed by atoms with Crippen molar-refractivity contribution >= 4 is 17.4 Å². The summed E-state index contributed by atoms with van der Waals surface area (Å²) in [6.45, 7) is 2.41. The lowest BCUT2D eigenvalue weighted by Gasteiger charge is -2.17. The molecule has 0 radical (unpaired) electrons. The van der Waals surface area contributed by atoms with Crippen LogP contribution < -0.4 is 10.6 Å². The van der Waals surface area contributed by atoms with E-state index in [9.17, 15) is 4.79 Å². The van der Waals surface area contributed by atoms with Gasteiger partial charge in [-0.3, -0.25) is 4.98 Å². The summed E-state index contributed by atoms with van der Waals surface area (Å²) in [5.41, 5.74) is 3.04. The minimum Gasteiger partial charge on any atom is -0.334 e. The van der Waals surface area contributed by atoms with E-state index in [1.165, 1.54) is 11.3 Å². The first-order valence-corrected chi connectivity index (χ1v) is 8.49. The fourth-order valence-electron chi connectivity index (χ4n) is 2.39. The van der Waals surface area contributed by atoms with Crippen LogP contribution in [0.1, 0.15) is 27.7 Å². The topological polar surface area (TPSA) is 66.9 Å². The van der Waals surface area contributed by atoms with Gasteiger partial charge < -0.3 is 10.6 Å². The maximum absolute atomic E-state index is 12.3. The second-order valence-electron chi connectivity index (χ2n) is 5.41. The van der Waals surface area contributed by atoms with E-state index in [2.05, 4.69) is 20.6 Å². The molecule has 0 aliphatic heterocycles. The van der Waals surface area contributed by atoms with Crippen molar-refractivity contribution in [3.8, 4) is 0 Å². The Kier molecular flexibility index (Phi) is 5.18. The number of hydrogen-bond donors (Lipinski definition) is 2. The van der Waals surface area contributed by atoms with Crippen LogP contribution in [0.15, 0.2) is 60.4 Å². The van der Waals surface area contributed by atoms with E-state index in [-0.39, 0.29) is 12.1 Å². The molecule has 0 spiro atoms. The highest BCUT2D eigenvalue weighted by molar-refractivity contribution is 7.09. The van der Waals surface area contributed by atoms with E-state index >= 15 is 0 Å². The Bertz CT molecular complexity index is 790. The van der Waals surface area contributed by atoms with E-state index in [1.54, 1.807) is 18.6 Å². The number of pyridine rings is 1. The number of amides is 2. The molecule has 24 heavy (non-hydrogen) atoms. The summed E-state index contributed by atoms with van der Waals surface area (Å²) in [6, 6.07) is 11.3. The van der Waals surface area contributed by atoms with Crippen molar-refractivity contribution in [2.75, 3.05) is 0 Å². The molecule has 1 atom stereocenters. The molecule has 0 aliphatic carbocycles. The van der Waals surface area contributed by atoms with Crippen molar-refractivity contribution in [3.05, 3.63) is 82.1 Å². The van der Waals surface area contributed by atoms with Crippen LogP contribution >= 0.6 is 11.3 Å². The molecular weight excluding hydrogens is 320 g/mol. The maximum atomic E-state index is 12.3. The summed E-state index contributed by atoms with van der Waals surface area (Å²) in [6.07, 6.45) is 5.29. The Morgan fingerprint density at radius 1 is 1.25 bits per heavy atom. The molecule has 0 saturated heterocycles. The van der Waals surface area contributed by atoms with Gasteiger partial charge in [-0.15, -0.1) is 11.3 Å². The van der Waals surface area contributed by atoms with Gasteiger partial charge in [-0.2, -0.15) is 0 Å². The molecule has 2 N–H and O–H groups in total. The number of aromatic nitrogens is 2. The Hall–Kier alpha value is -2.73. The third-order valence-corrected chi connectivity index (χ3v) is 4.33. The highest BCUT2D eigenvalue weighted by Gasteiger charge is 2.18. The molecule has 0 bridgehead atoms. The standard InChI is InChI=1S/C18H18N4OS/c1-13-9-14(11-19-10-13)12-21-18(23)22-16(17-20-7-8-24-17)15-5-3-2-4-6-15/h2-11,16H,12H2,1H3,(H2,21,22,23)/t16-/m0/s1. The predicted molar refractivity (Wildman–Crippen MR) is 94.7 cm³/mol. The van der Waals surface area contributed by atoms with E-state index < -0.39 is 0 Å². The number of thiazole rings is 1. The zero-order chi connectivity index (χ0) is 16.8. The Morgan fingerprint density at radius 3 is 2.79 bits per heavy atom. The van der Waals surface area contributed by atoms with E-state index in [4.69, 9.17) is 0 Å². The number of carbonyl (C=O) groups is 1. The zero-order valence-electron chi connectivity index (χ0n) is 13.3. The molecule has 0 fully saturated rings. The number of carbonyl (C=O) groups excluding carboxylic acids is 1. The van der Waals surface area contributed by atoms with Gasteiger partial charge in [-0.25, -0.2) is 9.78 Å². The van der Waals surface area contributed by atoms with Crippen molar-refractivity contribution in [3.63, 3.8) is 0 Å². The van der Waals surface area contributed by atoms with Gasteiger partial charge in [0.1, 0.15) is 11.0 Å². The van der Waals surface area contributed by atoms with E-state index in [1.807, 2.05) is 48.7 Å². The van der Waals surface area contributed by atoms with Crippen LogP contribution in [0.3, 0.4) is 0 Å². The lowest BCUT2D eigenvalue weighted by atomic mass is 10.1. The average molecular weight is 338 g/mol. The van der Waals surface area contributed by atoms with Gasteiger partial charge in [0.2, 0.25) is 0 Å². The first kappa shape index (κ1) is 16.1. The largest absolute Gasteiger partial charge is 0.334 e. The number of rotatable bonds is 5. The second kappa shape index (κ2) is 7.70. The second-order valence-corrected chi connectivity index (χ2v) is 6.34. The Balaban J connectivity index is 1.68. The molecule has 2 amide bonds. The molecule has 2 heterocycles. The average Bonchev–Trinajstić information content (AvgIpc) is 3.13. The predicted octanol–water partition coefficient (Wildman–Crippen LogP) is 3.44. The Morgan fingerprint density at radius 2 is 2.08 bits per heavy atom. The molecular formula is C18H18N4OS. The molecule has 0 aliphatic rings. The van der Waals surface area contributed by atoms with Gasteiger partial charge in [0, 0.05) is 30.5 Å². The van der Waals surface area contributed by atoms with E-state index in [0.717, 1.165) is 21.7 Å². The quantitative estimate of drug-likeness (QED) is 0.749. The lowest BCUT2D eigenvalue weighted by molar-refractivity contribution is 0.238. The van der Waals surface area contributed by atoms with Gasteiger partial charge in [-0.05, 0) is 23.6 Å². The third-order valence-electron chi connectivity index (χ3n) is 3.49. The SMILES string of the molecule is Cc1cncc(CNC(=O)N[C@@H](c2ccccc2)c2nccs2)c1. The van der Waals surface area contributed by atoms with Crippen molar-refractivity contribution in [1.29, 1.82) is 0 Å². The van der Waals surface area contributed by atoms with Crippen LogP contribution in [0.5, 0.6) is 0 Å². The minimum absolute atomic E-state index is 0.236. The van der Waals surface area contributed by atoms with Crippen LogP contribution in [-0.2, 0) is 6.54 Å². The van der Waals surface area contributed by atoms with Crippen LogP contribution in [0.25, 0.3) is 0 Å².